The van der Waals surface area contributed by atoms with Gasteiger partial charge in [0.05, 0.1) is 6.61 Å². The highest BCUT2D eigenvalue weighted by Gasteiger charge is 2.11. The van der Waals surface area contributed by atoms with Gasteiger partial charge in [-0.1, -0.05) is 45.7 Å². The van der Waals surface area contributed by atoms with Crippen molar-refractivity contribution >= 4 is 5.97 Å². The van der Waals surface area contributed by atoms with Crippen molar-refractivity contribution in [1.29, 1.82) is 0 Å². The molecule has 0 heterocycles. The van der Waals surface area contributed by atoms with Crippen molar-refractivity contribution in [1.82, 2.24) is 0 Å². The topological polar surface area (TPSA) is 55.8 Å². The Labute approximate surface area is 139 Å². The molecule has 0 aliphatic heterocycles. The summed E-state index contributed by atoms with van der Waals surface area (Å²) in [7, 11) is 0. The van der Waals surface area contributed by atoms with Crippen LogP contribution >= 0.6 is 0 Å². The fraction of sp³-hybridized carbons (Fsp3) is 0.632. The summed E-state index contributed by atoms with van der Waals surface area (Å²) in [6, 6.07) is 8.24. The van der Waals surface area contributed by atoms with Crippen LogP contribution in [0.5, 0.6) is 5.75 Å². The fourth-order valence-corrected chi connectivity index (χ4v) is 2.51. The summed E-state index contributed by atoms with van der Waals surface area (Å²) in [6.07, 6.45) is 4.90. The predicted octanol–water partition coefficient (Wildman–Crippen LogP) is 4.49. The Bertz CT molecular complexity index is 441. The van der Waals surface area contributed by atoms with Gasteiger partial charge in [0.2, 0.25) is 0 Å². The van der Waals surface area contributed by atoms with Gasteiger partial charge < -0.3 is 14.6 Å². The molecule has 0 aliphatic carbocycles. The van der Waals surface area contributed by atoms with Gasteiger partial charge in [-0.25, -0.2) is 4.79 Å². The Kier molecular flexibility index (Phi) is 9.37. The molecule has 130 valence electrons. The number of ether oxygens (including phenoxy) is 2. The Morgan fingerprint density at radius 3 is 2.35 bits per heavy atom. The lowest BCUT2D eigenvalue weighted by Gasteiger charge is -2.18. The SMILES string of the molecule is CCC(C)CCC(CC)c1ccc(OCCOCC(=O)O)cc1. The van der Waals surface area contributed by atoms with E-state index in [0.29, 0.717) is 12.5 Å². The second kappa shape index (κ2) is 11.1. The number of aliphatic carboxylic acids is 1. The highest BCUT2D eigenvalue weighted by molar-refractivity contribution is 5.67. The van der Waals surface area contributed by atoms with Crippen LogP contribution in [0.1, 0.15) is 57.9 Å². The first-order valence-corrected chi connectivity index (χ1v) is 8.59. The number of hydrogen-bond acceptors (Lipinski definition) is 3. The van der Waals surface area contributed by atoms with Crippen LogP contribution in [0.2, 0.25) is 0 Å². The van der Waals surface area contributed by atoms with Crippen molar-refractivity contribution in [2.24, 2.45) is 5.92 Å². The van der Waals surface area contributed by atoms with Gasteiger partial charge in [0.1, 0.15) is 19.0 Å². The molecule has 0 aliphatic rings. The summed E-state index contributed by atoms with van der Waals surface area (Å²) in [5.74, 6) is 1.23. The van der Waals surface area contributed by atoms with Gasteiger partial charge in [0.25, 0.3) is 0 Å². The molecule has 1 aromatic rings. The highest BCUT2D eigenvalue weighted by atomic mass is 16.5. The molecule has 1 rings (SSSR count). The third-order valence-electron chi connectivity index (χ3n) is 4.27. The van der Waals surface area contributed by atoms with Crippen LogP contribution in [0.15, 0.2) is 24.3 Å². The second-order valence-electron chi connectivity index (χ2n) is 6.06. The standard InChI is InChI=1S/C19H30O4/c1-4-15(3)6-7-16(5-2)17-8-10-18(11-9-17)23-13-12-22-14-19(20)21/h8-11,15-16H,4-7,12-14H2,1-3H3,(H,20,21). The van der Waals surface area contributed by atoms with Crippen LogP contribution < -0.4 is 4.74 Å². The number of carbonyl (C=O) groups is 1. The largest absolute Gasteiger partial charge is 0.491 e. The van der Waals surface area contributed by atoms with Crippen LogP contribution in [-0.2, 0) is 9.53 Å². The zero-order chi connectivity index (χ0) is 17.1. The zero-order valence-corrected chi connectivity index (χ0v) is 14.6. The third-order valence-corrected chi connectivity index (χ3v) is 4.27. The summed E-state index contributed by atoms with van der Waals surface area (Å²) in [5.41, 5.74) is 1.37. The molecule has 0 radical (unpaired) electrons. The van der Waals surface area contributed by atoms with Crippen LogP contribution in [0.4, 0.5) is 0 Å². The average molecular weight is 322 g/mol. The summed E-state index contributed by atoms with van der Waals surface area (Å²) < 4.78 is 10.5. The van der Waals surface area contributed by atoms with Gasteiger partial charge in [-0.05, 0) is 42.4 Å². The van der Waals surface area contributed by atoms with Gasteiger partial charge in [-0.2, -0.15) is 0 Å². The minimum Gasteiger partial charge on any atom is -0.491 e. The molecule has 0 aromatic heterocycles. The van der Waals surface area contributed by atoms with Crippen LogP contribution in [0.25, 0.3) is 0 Å². The van der Waals surface area contributed by atoms with Gasteiger partial charge in [-0.3, -0.25) is 0 Å². The first-order valence-electron chi connectivity index (χ1n) is 8.59. The maximum Gasteiger partial charge on any atom is 0.329 e. The van der Waals surface area contributed by atoms with Gasteiger partial charge >= 0.3 is 5.97 Å². The molecular formula is C19H30O4. The van der Waals surface area contributed by atoms with Crippen LogP contribution in [-0.4, -0.2) is 30.9 Å². The van der Waals surface area contributed by atoms with E-state index >= 15 is 0 Å². The Hall–Kier alpha value is -1.55. The van der Waals surface area contributed by atoms with Gasteiger partial charge in [-0.15, -0.1) is 0 Å². The lowest BCUT2D eigenvalue weighted by Crippen LogP contribution is -2.12. The van der Waals surface area contributed by atoms with Crippen LogP contribution in [0, 0.1) is 5.92 Å². The van der Waals surface area contributed by atoms with Gasteiger partial charge in [0.15, 0.2) is 0 Å². The molecular weight excluding hydrogens is 292 g/mol. The normalized spacial score (nSPS) is 13.5. The number of carboxylic acids is 1. The minimum absolute atomic E-state index is 0.278. The van der Waals surface area contributed by atoms with E-state index in [-0.39, 0.29) is 13.2 Å². The molecule has 4 heteroatoms. The van der Waals surface area contributed by atoms with E-state index < -0.39 is 5.97 Å². The van der Waals surface area contributed by atoms with E-state index in [1.54, 1.807) is 0 Å². The molecule has 0 saturated heterocycles. The first-order chi connectivity index (χ1) is 11.1. The van der Waals surface area contributed by atoms with E-state index in [2.05, 4.69) is 32.9 Å². The van der Waals surface area contributed by atoms with Crippen molar-refractivity contribution in [2.45, 2.75) is 52.4 Å². The molecule has 0 spiro atoms. The number of benzene rings is 1. The maximum absolute atomic E-state index is 10.3. The fourth-order valence-electron chi connectivity index (χ4n) is 2.51. The van der Waals surface area contributed by atoms with Crippen LogP contribution in [0.3, 0.4) is 0 Å². The summed E-state index contributed by atoms with van der Waals surface area (Å²) in [6.45, 7) is 7.16. The third kappa shape index (κ3) is 8.03. The molecule has 1 N–H and O–H groups in total. The number of carboxylic acid groups (broad SMARTS) is 1. The Morgan fingerprint density at radius 1 is 1.09 bits per heavy atom. The van der Waals surface area contributed by atoms with Crippen molar-refractivity contribution in [3.63, 3.8) is 0 Å². The molecule has 0 bridgehead atoms. The molecule has 2 unspecified atom stereocenters. The monoisotopic (exact) mass is 322 g/mol. The lowest BCUT2D eigenvalue weighted by atomic mass is 9.88. The lowest BCUT2D eigenvalue weighted by molar-refractivity contribution is -0.142. The summed E-state index contributed by atoms with van der Waals surface area (Å²) in [4.78, 5) is 10.3. The van der Waals surface area contributed by atoms with Crippen molar-refractivity contribution < 1.29 is 19.4 Å². The number of rotatable bonds is 12. The van der Waals surface area contributed by atoms with E-state index in [0.717, 1.165) is 18.1 Å². The summed E-state index contributed by atoms with van der Waals surface area (Å²) >= 11 is 0. The van der Waals surface area contributed by atoms with Crippen molar-refractivity contribution in [2.75, 3.05) is 19.8 Å². The maximum atomic E-state index is 10.3. The predicted molar refractivity (Wildman–Crippen MR) is 92.1 cm³/mol. The Morgan fingerprint density at radius 2 is 1.78 bits per heavy atom. The van der Waals surface area contributed by atoms with E-state index in [4.69, 9.17) is 14.6 Å². The summed E-state index contributed by atoms with van der Waals surface area (Å²) in [5, 5.41) is 8.46. The van der Waals surface area contributed by atoms with Crippen molar-refractivity contribution in [3.05, 3.63) is 29.8 Å². The molecule has 0 amide bonds. The smallest absolute Gasteiger partial charge is 0.329 e. The molecule has 0 fully saturated rings. The molecule has 23 heavy (non-hydrogen) atoms. The molecule has 4 nitrogen and oxygen atoms in total. The van der Waals surface area contributed by atoms with Gasteiger partial charge in [0, 0.05) is 0 Å². The zero-order valence-electron chi connectivity index (χ0n) is 14.6. The number of hydrogen-bond donors (Lipinski definition) is 1. The first kappa shape index (κ1) is 19.5. The quantitative estimate of drug-likeness (QED) is 0.576. The molecule has 1 aromatic carbocycles. The Balaban J connectivity index is 2.40. The van der Waals surface area contributed by atoms with Crippen molar-refractivity contribution in [3.8, 4) is 5.75 Å². The van der Waals surface area contributed by atoms with E-state index in [1.807, 2.05) is 12.1 Å². The molecule has 2 atom stereocenters. The average Bonchev–Trinajstić information content (AvgIpc) is 2.55. The minimum atomic E-state index is -0.961. The van der Waals surface area contributed by atoms with E-state index in [9.17, 15) is 4.79 Å². The van der Waals surface area contributed by atoms with E-state index in [1.165, 1.54) is 24.8 Å². The second-order valence-corrected chi connectivity index (χ2v) is 6.06. The molecule has 0 saturated carbocycles. The highest BCUT2D eigenvalue weighted by Crippen LogP contribution is 2.28.